The maximum Gasteiger partial charge on any atom is 0.167 e. The van der Waals surface area contributed by atoms with Crippen molar-refractivity contribution in [1.29, 1.82) is 5.26 Å². The van der Waals surface area contributed by atoms with Gasteiger partial charge in [-0.1, -0.05) is 13.8 Å². The van der Waals surface area contributed by atoms with Crippen molar-refractivity contribution in [3.63, 3.8) is 0 Å². The lowest BCUT2D eigenvalue weighted by Crippen LogP contribution is -2.21. The van der Waals surface area contributed by atoms with Gasteiger partial charge in [-0.15, -0.1) is 5.10 Å². The molecule has 1 aliphatic rings. The average molecular weight is 262 g/mol. The van der Waals surface area contributed by atoms with Crippen LogP contribution in [0.2, 0.25) is 0 Å². The van der Waals surface area contributed by atoms with Crippen molar-refractivity contribution < 1.29 is 0 Å². The number of nitriles is 1. The molecule has 4 nitrogen and oxygen atoms in total. The van der Waals surface area contributed by atoms with Crippen LogP contribution in [-0.2, 0) is 12.8 Å². The molecular weight excluding hydrogens is 244 g/mol. The molecular formula is C13H18N4S. The molecule has 0 aliphatic carbocycles. The molecule has 1 fully saturated rings. The van der Waals surface area contributed by atoms with E-state index in [-0.39, 0.29) is 0 Å². The molecule has 1 aromatic rings. The van der Waals surface area contributed by atoms with Crippen molar-refractivity contribution in [3.05, 3.63) is 16.8 Å². The average Bonchev–Trinajstić information content (AvgIpc) is 2.90. The quantitative estimate of drug-likeness (QED) is 0.902. The second kappa shape index (κ2) is 6.05. The number of hydrogen-bond donors (Lipinski definition) is 1. The summed E-state index contributed by atoms with van der Waals surface area (Å²) in [5, 5.41) is 21.2. The van der Waals surface area contributed by atoms with Gasteiger partial charge in [-0.2, -0.15) is 22.1 Å². The Bertz CT molecular complexity index is 461. The first-order chi connectivity index (χ1) is 8.80. The first-order valence-electron chi connectivity index (χ1n) is 6.42. The highest BCUT2D eigenvalue weighted by molar-refractivity contribution is 7.99. The number of rotatable bonds is 4. The molecule has 0 aromatic carbocycles. The van der Waals surface area contributed by atoms with Crippen LogP contribution in [0.3, 0.4) is 0 Å². The number of nitrogens with zero attached hydrogens (tertiary/aromatic N) is 3. The van der Waals surface area contributed by atoms with Crippen LogP contribution in [0.15, 0.2) is 0 Å². The maximum absolute atomic E-state index is 9.36. The van der Waals surface area contributed by atoms with E-state index < -0.39 is 0 Å². The first kappa shape index (κ1) is 13.2. The van der Waals surface area contributed by atoms with E-state index >= 15 is 0 Å². The monoisotopic (exact) mass is 262 g/mol. The zero-order chi connectivity index (χ0) is 13.0. The van der Waals surface area contributed by atoms with E-state index in [9.17, 15) is 5.26 Å². The Morgan fingerprint density at radius 2 is 2.22 bits per heavy atom. The largest absolute Gasteiger partial charge is 0.364 e. The van der Waals surface area contributed by atoms with E-state index in [0.717, 1.165) is 36.3 Å². The first-order valence-corrected chi connectivity index (χ1v) is 7.58. The zero-order valence-corrected chi connectivity index (χ0v) is 11.7. The van der Waals surface area contributed by atoms with Crippen LogP contribution in [0.5, 0.6) is 0 Å². The van der Waals surface area contributed by atoms with Gasteiger partial charge in [0.25, 0.3) is 0 Å². The predicted octanol–water partition coefficient (Wildman–Crippen LogP) is 2.39. The molecule has 0 radical (unpaired) electrons. The van der Waals surface area contributed by atoms with E-state index in [1.165, 1.54) is 5.75 Å². The van der Waals surface area contributed by atoms with Crippen LogP contribution < -0.4 is 5.32 Å². The standard InChI is InChI=1S/C13H18N4S/c1-3-10-11(7-14)13(17-16-12(10)4-2)15-9-5-6-18-8-9/h9H,3-6,8H2,1-2H3,(H,15,17). The van der Waals surface area contributed by atoms with Gasteiger partial charge in [0.2, 0.25) is 0 Å². The summed E-state index contributed by atoms with van der Waals surface area (Å²) in [5.41, 5.74) is 2.67. The summed E-state index contributed by atoms with van der Waals surface area (Å²) in [6.07, 6.45) is 2.79. The summed E-state index contributed by atoms with van der Waals surface area (Å²) in [6.45, 7) is 4.11. The fraction of sp³-hybridized carbons (Fsp3) is 0.615. The van der Waals surface area contributed by atoms with Gasteiger partial charge in [0.15, 0.2) is 5.82 Å². The minimum absolute atomic E-state index is 0.425. The molecule has 0 amide bonds. The van der Waals surface area contributed by atoms with Crippen LogP contribution in [0.4, 0.5) is 5.82 Å². The summed E-state index contributed by atoms with van der Waals surface area (Å²) >= 11 is 1.94. The Hall–Kier alpha value is -1.28. The summed E-state index contributed by atoms with van der Waals surface area (Å²) in [4.78, 5) is 0. The van der Waals surface area contributed by atoms with Crippen LogP contribution in [0.25, 0.3) is 0 Å². The third kappa shape index (κ3) is 2.59. The van der Waals surface area contributed by atoms with Crippen molar-refractivity contribution in [2.45, 2.75) is 39.2 Å². The number of nitrogens with one attached hydrogen (secondary N) is 1. The smallest absolute Gasteiger partial charge is 0.167 e. The summed E-state index contributed by atoms with van der Waals surface area (Å²) in [6, 6.07) is 2.72. The van der Waals surface area contributed by atoms with Gasteiger partial charge in [-0.3, -0.25) is 0 Å². The summed E-state index contributed by atoms with van der Waals surface area (Å²) in [5.74, 6) is 2.93. The molecule has 2 rings (SSSR count). The molecule has 1 saturated heterocycles. The van der Waals surface area contributed by atoms with E-state index in [1.807, 2.05) is 18.7 Å². The Morgan fingerprint density at radius 1 is 1.39 bits per heavy atom. The zero-order valence-electron chi connectivity index (χ0n) is 10.9. The highest BCUT2D eigenvalue weighted by Gasteiger charge is 2.20. The molecule has 18 heavy (non-hydrogen) atoms. The molecule has 2 heterocycles. The van der Waals surface area contributed by atoms with Gasteiger partial charge in [-0.05, 0) is 30.6 Å². The lowest BCUT2D eigenvalue weighted by atomic mass is 10.0. The molecule has 1 aliphatic heterocycles. The van der Waals surface area contributed by atoms with Crippen molar-refractivity contribution in [2.24, 2.45) is 0 Å². The molecule has 1 N–H and O–H groups in total. The Labute approximate surface area is 112 Å². The van der Waals surface area contributed by atoms with E-state index in [1.54, 1.807) is 0 Å². The molecule has 1 unspecified atom stereocenters. The summed E-state index contributed by atoms with van der Waals surface area (Å²) < 4.78 is 0. The number of aromatic nitrogens is 2. The lowest BCUT2D eigenvalue weighted by Gasteiger charge is -2.15. The van der Waals surface area contributed by atoms with Crippen LogP contribution >= 0.6 is 11.8 Å². The Morgan fingerprint density at radius 3 is 2.78 bits per heavy atom. The SMILES string of the molecule is CCc1nnc(NC2CCSC2)c(C#N)c1CC. The van der Waals surface area contributed by atoms with Crippen LogP contribution in [-0.4, -0.2) is 27.7 Å². The highest BCUT2D eigenvalue weighted by Crippen LogP contribution is 2.24. The minimum Gasteiger partial charge on any atom is -0.364 e. The highest BCUT2D eigenvalue weighted by atomic mass is 32.2. The number of anilines is 1. The van der Waals surface area contributed by atoms with Crippen molar-refractivity contribution in [1.82, 2.24) is 10.2 Å². The molecule has 1 aromatic heterocycles. The molecule has 0 bridgehead atoms. The molecule has 0 spiro atoms. The van der Waals surface area contributed by atoms with E-state index in [4.69, 9.17) is 0 Å². The number of thioether (sulfide) groups is 1. The minimum atomic E-state index is 0.425. The third-order valence-corrected chi connectivity index (χ3v) is 4.39. The third-order valence-electron chi connectivity index (χ3n) is 3.23. The Balaban J connectivity index is 2.32. The fourth-order valence-corrected chi connectivity index (χ4v) is 3.39. The van der Waals surface area contributed by atoms with Crippen LogP contribution in [0.1, 0.15) is 37.1 Å². The molecule has 96 valence electrons. The van der Waals surface area contributed by atoms with Crippen molar-refractivity contribution in [3.8, 4) is 6.07 Å². The van der Waals surface area contributed by atoms with Gasteiger partial charge in [0.05, 0.1) is 5.69 Å². The second-order valence-electron chi connectivity index (χ2n) is 4.37. The lowest BCUT2D eigenvalue weighted by molar-refractivity contribution is 0.788. The molecule has 0 saturated carbocycles. The second-order valence-corrected chi connectivity index (χ2v) is 5.52. The predicted molar refractivity (Wildman–Crippen MR) is 74.9 cm³/mol. The number of hydrogen-bond acceptors (Lipinski definition) is 5. The van der Waals surface area contributed by atoms with Crippen molar-refractivity contribution in [2.75, 3.05) is 16.8 Å². The number of aryl methyl sites for hydroxylation is 1. The van der Waals surface area contributed by atoms with Crippen LogP contribution in [0, 0.1) is 11.3 Å². The van der Waals surface area contributed by atoms with Gasteiger partial charge >= 0.3 is 0 Å². The molecule has 5 heteroatoms. The Kier molecular flexibility index (Phi) is 4.43. The van der Waals surface area contributed by atoms with E-state index in [0.29, 0.717) is 17.4 Å². The van der Waals surface area contributed by atoms with Crippen molar-refractivity contribution >= 4 is 17.6 Å². The fourth-order valence-electron chi connectivity index (χ4n) is 2.24. The van der Waals surface area contributed by atoms with Gasteiger partial charge < -0.3 is 5.32 Å². The maximum atomic E-state index is 9.36. The van der Waals surface area contributed by atoms with Gasteiger partial charge in [0.1, 0.15) is 11.6 Å². The molecule has 1 atom stereocenters. The van der Waals surface area contributed by atoms with Gasteiger partial charge in [-0.25, -0.2) is 0 Å². The van der Waals surface area contributed by atoms with Gasteiger partial charge in [0, 0.05) is 11.8 Å². The topological polar surface area (TPSA) is 61.6 Å². The normalized spacial score (nSPS) is 18.6. The summed E-state index contributed by atoms with van der Waals surface area (Å²) in [7, 11) is 0. The van der Waals surface area contributed by atoms with E-state index in [2.05, 4.69) is 28.5 Å².